The zero-order valence-electron chi connectivity index (χ0n) is 12.2. The number of amides is 2. The topological polar surface area (TPSA) is 100 Å². The lowest BCUT2D eigenvalue weighted by Crippen LogP contribution is -2.42. The van der Waals surface area contributed by atoms with Crippen LogP contribution in [0.2, 0.25) is 10.0 Å². The van der Waals surface area contributed by atoms with E-state index in [9.17, 15) is 9.59 Å². The Bertz CT molecular complexity index is 952. The van der Waals surface area contributed by atoms with E-state index in [1.165, 1.54) is 18.2 Å². The monoisotopic (exact) mass is 362 g/mol. The van der Waals surface area contributed by atoms with E-state index in [-0.39, 0.29) is 16.9 Å². The van der Waals surface area contributed by atoms with Crippen molar-refractivity contribution in [3.63, 3.8) is 0 Å². The van der Waals surface area contributed by atoms with Crippen LogP contribution in [0.15, 0.2) is 42.5 Å². The third kappa shape index (κ3) is 3.29. The number of hydrogen-bond donors (Lipinski definition) is 4. The van der Waals surface area contributed by atoms with Crippen LogP contribution in [0.3, 0.4) is 0 Å². The lowest BCUT2D eigenvalue weighted by molar-refractivity contribution is 0.0845. The highest BCUT2D eigenvalue weighted by Crippen LogP contribution is 2.20. The normalized spacial score (nSPS) is 10.6. The number of benzene rings is 2. The number of nitrogens with two attached hydrogens (primary N) is 1. The van der Waals surface area contributed by atoms with Gasteiger partial charge in [-0.25, -0.2) is 0 Å². The van der Waals surface area contributed by atoms with Gasteiger partial charge >= 0.3 is 0 Å². The summed E-state index contributed by atoms with van der Waals surface area (Å²) >= 11 is 11.7. The number of carbonyl (C=O) groups is 2. The molecule has 0 aliphatic heterocycles. The molecular formula is C16H12Cl2N4O2. The fourth-order valence-corrected chi connectivity index (χ4v) is 2.58. The standard InChI is InChI=1S/C16H12Cl2N4O2/c17-9-2-4-13-8(5-9)6-14(20-13)16(24)22-21-15(23)11-3-1-10(18)7-12(11)19/h1-7,20H,19H2,(H,21,23)(H,22,24). The Morgan fingerprint density at radius 2 is 1.58 bits per heavy atom. The fourth-order valence-electron chi connectivity index (χ4n) is 2.21. The number of hydrazine groups is 1. The highest BCUT2D eigenvalue weighted by molar-refractivity contribution is 6.31. The molecule has 2 aromatic carbocycles. The third-order valence-electron chi connectivity index (χ3n) is 3.38. The highest BCUT2D eigenvalue weighted by atomic mass is 35.5. The molecule has 122 valence electrons. The maximum absolute atomic E-state index is 12.1. The number of H-pyrrole nitrogens is 1. The summed E-state index contributed by atoms with van der Waals surface area (Å²) in [6, 6.07) is 11.3. The van der Waals surface area contributed by atoms with Crippen molar-refractivity contribution in [1.29, 1.82) is 0 Å². The van der Waals surface area contributed by atoms with Crippen LogP contribution in [0.5, 0.6) is 0 Å². The Balaban J connectivity index is 1.71. The molecule has 0 aliphatic rings. The first kappa shape index (κ1) is 16.2. The summed E-state index contributed by atoms with van der Waals surface area (Å²) in [6.07, 6.45) is 0. The van der Waals surface area contributed by atoms with Gasteiger partial charge in [-0.1, -0.05) is 23.2 Å². The highest BCUT2D eigenvalue weighted by Gasteiger charge is 2.13. The quantitative estimate of drug-likeness (QED) is 0.416. The Labute approximate surface area is 146 Å². The molecule has 0 saturated heterocycles. The van der Waals surface area contributed by atoms with E-state index in [1.807, 2.05) is 0 Å². The molecule has 0 fully saturated rings. The molecule has 3 rings (SSSR count). The van der Waals surface area contributed by atoms with Gasteiger partial charge in [0.15, 0.2) is 0 Å². The van der Waals surface area contributed by atoms with Crippen molar-refractivity contribution in [3.05, 3.63) is 63.8 Å². The van der Waals surface area contributed by atoms with Crippen LogP contribution in [0.4, 0.5) is 5.69 Å². The first-order valence-corrected chi connectivity index (χ1v) is 7.63. The van der Waals surface area contributed by atoms with Crippen LogP contribution >= 0.6 is 23.2 Å². The minimum Gasteiger partial charge on any atom is -0.398 e. The van der Waals surface area contributed by atoms with Crippen LogP contribution in [0, 0.1) is 0 Å². The zero-order valence-corrected chi connectivity index (χ0v) is 13.7. The average Bonchev–Trinajstić information content (AvgIpc) is 2.95. The number of aromatic nitrogens is 1. The molecule has 0 spiro atoms. The van der Waals surface area contributed by atoms with Gasteiger partial charge in [-0.3, -0.25) is 20.4 Å². The molecule has 2 amide bonds. The van der Waals surface area contributed by atoms with E-state index in [0.717, 1.165) is 10.9 Å². The molecule has 5 N–H and O–H groups in total. The van der Waals surface area contributed by atoms with Crippen molar-refractivity contribution in [2.24, 2.45) is 0 Å². The second-order valence-electron chi connectivity index (χ2n) is 5.05. The molecule has 0 atom stereocenters. The first-order valence-electron chi connectivity index (χ1n) is 6.88. The molecule has 24 heavy (non-hydrogen) atoms. The Morgan fingerprint density at radius 3 is 2.33 bits per heavy atom. The molecule has 0 saturated carbocycles. The number of rotatable bonds is 2. The van der Waals surface area contributed by atoms with Gasteiger partial charge in [-0.05, 0) is 42.5 Å². The van der Waals surface area contributed by atoms with Gasteiger partial charge in [0.2, 0.25) is 0 Å². The van der Waals surface area contributed by atoms with Crippen molar-refractivity contribution in [3.8, 4) is 0 Å². The average molecular weight is 363 g/mol. The summed E-state index contributed by atoms with van der Waals surface area (Å²) in [5.41, 5.74) is 11.8. The maximum Gasteiger partial charge on any atom is 0.286 e. The molecule has 1 aromatic heterocycles. The van der Waals surface area contributed by atoms with E-state index in [2.05, 4.69) is 15.8 Å². The summed E-state index contributed by atoms with van der Waals surface area (Å²) in [7, 11) is 0. The van der Waals surface area contributed by atoms with Crippen molar-refractivity contribution >= 4 is 51.6 Å². The number of hydrogen-bond acceptors (Lipinski definition) is 3. The fraction of sp³-hybridized carbons (Fsp3) is 0. The summed E-state index contributed by atoms with van der Waals surface area (Å²) in [6.45, 7) is 0. The molecule has 0 bridgehead atoms. The van der Waals surface area contributed by atoms with Gasteiger partial charge in [0, 0.05) is 26.6 Å². The number of halogens is 2. The van der Waals surface area contributed by atoms with Gasteiger partial charge in [-0.2, -0.15) is 0 Å². The summed E-state index contributed by atoms with van der Waals surface area (Å²) in [5.74, 6) is -1.04. The molecule has 0 aliphatic carbocycles. The van der Waals surface area contributed by atoms with Crippen LogP contribution in [0.1, 0.15) is 20.8 Å². The van der Waals surface area contributed by atoms with E-state index in [1.54, 1.807) is 24.3 Å². The lowest BCUT2D eigenvalue weighted by atomic mass is 10.2. The minimum atomic E-state index is -0.545. The Morgan fingerprint density at radius 1 is 0.917 bits per heavy atom. The van der Waals surface area contributed by atoms with Gasteiger partial charge in [0.05, 0.1) is 5.56 Å². The summed E-state index contributed by atoms with van der Waals surface area (Å²) in [4.78, 5) is 27.1. The third-order valence-corrected chi connectivity index (χ3v) is 3.85. The minimum absolute atomic E-state index is 0.211. The molecule has 8 heteroatoms. The van der Waals surface area contributed by atoms with Crippen molar-refractivity contribution in [2.45, 2.75) is 0 Å². The van der Waals surface area contributed by atoms with Crippen molar-refractivity contribution < 1.29 is 9.59 Å². The second kappa shape index (κ2) is 6.43. The summed E-state index contributed by atoms with van der Waals surface area (Å²) < 4.78 is 0. The number of aromatic amines is 1. The van der Waals surface area contributed by atoms with Crippen LogP contribution < -0.4 is 16.6 Å². The number of carbonyl (C=O) groups excluding carboxylic acids is 2. The van der Waals surface area contributed by atoms with Crippen LogP contribution in [0.25, 0.3) is 10.9 Å². The number of nitrogen functional groups attached to an aromatic ring is 1. The van der Waals surface area contributed by atoms with Gasteiger partial charge in [0.25, 0.3) is 11.8 Å². The smallest absolute Gasteiger partial charge is 0.286 e. The van der Waals surface area contributed by atoms with Gasteiger partial charge < -0.3 is 10.7 Å². The molecular weight excluding hydrogens is 351 g/mol. The first-order chi connectivity index (χ1) is 11.4. The van der Waals surface area contributed by atoms with Crippen LogP contribution in [-0.4, -0.2) is 16.8 Å². The molecule has 0 unspecified atom stereocenters. The van der Waals surface area contributed by atoms with E-state index >= 15 is 0 Å². The Kier molecular flexibility index (Phi) is 4.33. The summed E-state index contributed by atoms with van der Waals surface area (Å²) in [5, 5.41) is 1.78. The molecule has 0 radical (unpaired) electrons. The van der Waals surface area contributed by atoms with E-state index in [4.69, 9.17) is 28.9 Å². The van der Waals surface area contributed by atoms with E-state index in [0.29, 0.717) is 10.0 Å². The van der Waals surface area contributed by atoms with Crippen molar-refractivity contribution in [2.75, 3.05) is 5.73 Å². The molecule has 3 aromatic rings. The van der Waals surface area contributed by atoms with Crippen LogP contribution in [-0.2, 0) is 0 Å². The molecule has 6 nitrogen and oxygen atoms in total. The second-order valence-corrected chi connectivity index (χ2v) is 5.93. The van der Waals surface area contributed by atoms with Crippen molar-refractivity contribution in [1.82, 2.24) is 15.8 Å². The van der Waals surface area contributed by atoms with Gasteiger partial charge in [-0.15, -0.1) is 0 Å². The zero-order chi connectivity index (χ0) is 17.3. The Hall–Kier alpha value is -2.70. The molecule has 1 heterocycles. The predicted octanol–water partition coefficient (Wildman–Crippen LogP) is 3.13. The SMILES string of the molecule is Nc1cc(Cl)ccc1C(=O)NNC(=O)c1cc2cc(Cl)ccc2[nH]1. The number of anilines is 1. The number of nitrogens with one attached hydrogen (secondary N) is 3. The maximum atomic E-state index is 12.1. The van der Waals surface area contributed by atoms with E-state index < -0.39 is 11.8 Å². The van der Waals surface area contributed by atoms with Gasteiger partial charge in [0.1, 0.15) is 5.69 Å². The lowest BCUT2D eigenvalue weighted by Gasteiger charge is -2.08. The number of fused-ring (bicyclic) bond motifs is 1. The predicted molar refractivity (Wildman–Crippen MR) is 94.1 cm³/mol. The largest absolute Gasteiger partial charge is 0.398 e.